The van der Waals surface area contributed by atoms with Crippen LogP contribution in [0.15, 0.2) is 64.7 Å². The number of nitrogens with one attached hydrogen (secondary N) is 2. The predicted molar refractivity (Wildman–Crippen MR) is 163 cm³/mol. The molecule has 2 unspecified atom stereocenters. The van der Waals surface area contributed by atoms with Gasteiger partial charge in [-0.1, -0.05) is 23.2 Å². The summed E-state index contributed by atoms with van der Waals surface area (Å²) in [7, 11) is -4.49. The molecule has 2 N–H and O–H groups in total. The average molecular weight is 662 g/mol. The van der Waals surface area contributed by atoms with Crippen molar-refractivity contribution in [3.8, 4) is 0 Å². The molecule has 2 aromatic carbocycles. The summed E-state index contributed by atoms with van der Waals surface area (Å²) in [5, 5.41) is 22.5. The Hall–Kier alpha value is -4.27. The normalized spacial score (nSPS) is 17.0. The van der Waals surface area contributed by atoms with Crippen LogP contribution in [0, 0.1) is 23.0 Å². The monoisotopic (exact) mass is 660 g/mol. The van der Waals surface area contributed by atoms with Crippen LogP contribution in [-0.2, 0) is 19.1 Å². The Morgan fingerprint density at radius 1 is 1.16 bits per heavy atom. The van der Waals surface area contributed by atoms with Gasteiger partial charge in [0.25, 0.3) is 11.6 Å². The summed E-state index contributed by atoms with van der Waals surface area (Å²) in [4.78, 5) is 41.2. The zero-order valence-electron chi connectivity index (χ0n) is 23.4. The topological polar surface area (TPSA) is 173 Å². The summed E-state index contributed by atoms with van der Waals surface area (Å²) in [5.74, 6) is -0.961. The number of rotatable bonds is 9. The SMILES string of the molecule is Cc1cc(Cl)cc(C(=O)NC(C)C2CC2)c1NC(=O)C1CC(OS(=O)(=O)c2ccc([N+](=O)[O-])cc2)=NN1c1ncccc1Cl. The van der Waals surface area contributed by atoms with Gasteiger partial charge < -0.3 is 14.8 Å². The minimum absolute atomic E-state index is 0.0599. The highest BCUT2D eigenvalue weighted by Crippen LogP contribution is 2.34. The van der Waals surface area contributed by atoms with Crippen molar-refractivity contribution < 1.29 is 27.1 Å². The number of nitro benzene ring substituents is 1. The molecule has 0 spiro atoms. The van der Waals surface area contributed by atoms with Crippen LogP contribution < -0.4 is 15.6 Å². The lowest BCUT2D eigenvalue weighted by Crippen LogP contribution is -2.40. The van der Waals surface area contributed by atoms with E-state index in [1.165, 1.54) is 18.3 Å². The minimum atomic E-state index is -4.49. The van der Waals surface area contributed by atoms with Gasteiger partial charge in [-0.05, 0) is 74.6 Å². The third kappa shape index (κ3) is 6.77. The number of aromatic nitrogens is 1. The highest BCUT2D eigenvalue weighted by atomic mass is 35.5. The first-order valence-corrected chi connectivity index (χ1v) is 15.6. The fourth-order valence-electron chi connectivity index (χ4n) is 4.68. The molecule has 0 bridgehead atoms. The molecule has 0 saturated heterocycles. The summed E-state index contributed by atoms with van der Waals surface area (Å²) >= 11 is 12.6. The number of nitro groups is 1. The minimum Gasteiger partial charge on any atom is -0.361 e. The molecule has 13 nitrogen and oxygen atoms in total. The summed E-state index contributed by atoms with van der Waals surface area (Å²) in [6, 6.07) is 9.00. The number of benzene rings is 2. The van der Waals surface area contributed by atoms with Crippen molar-refractivity contribution in [2.24, 2.45) is 11.0 Å². The third-order valence-electron chi connectivity index (χ3n) is 7.16. The lowest BCUT2D eigenvalue weighted by molar-refractivity contribution is -0.384. The molecule has 1 fully saturated rings. The number of aryl methyl sites for hydroxylation is 1. The number of carbonyl (C=O) groups excluding carboxylic acids is 2. The quantitative estimate of drug-likeness (QED) is 0.180. The number of anilines is 2. The highest BCUT2D eigenvalue weighted by Gasteiger charge is 2.39. The van der Waals surface area contributed by atoms with E-state index in [-0.39, 0.29) is 51.0 Å². The van der Waals surface area contributed by atoms with E-state index in [1.54, 1.807) is 19.1 Å². The second-order valence-corrected chi connectivity index (χ2v) is 12.8. The van der Waals surface area contributed by atoms with E-state index in [4.69, 9.17) is 27.4 Å². The number of hydrogen-bond acceptors (Lipinski definition) is 10. The molecule has 5 rings (SSSR count). The molecular formula is C28H26Cl2N6O7S. The smallest absolute Gasteiger partial charge is 0.340 e. The molecule has 1 saturated carbocycles. The van der Waals surface area contributed by atoms with Gasteiger partial charge in [-0.3, -0.25) is 19.7 Å². The van der Waals surface area contributed by atoms with E-state index in [0.29, 0.717) is 16.5 Å². The van der Waals surface area contributed by atoms with Crippen molar-refractivity contribution in [2.75, 3.05) is 10.3 Å². The fourth-order valence-corrected chi connectivity index (χ4v) is 6.08. The van der Waals surface area contributed by atoms with Crippen LogP contribution in [0.1, 0.15) is 42.1 Å². The Labute approximate surface area is 262 Å². The Morgan fingerprint density at radius 2 is 1.86 bits per heavy atom. The predicted octanol–water partition coefficient (Wildman–Crippen LogP) is 5.07. The number of non-ortho nitro benzene ring substituents is 1. The number of hydrazone groups is 1. The van der Waals surface area contributed by atoms with Crippen molar-refractivity contribution in [3.05, 3.63) is 86.0 Å². The third-order valence-corrected chi connectivity index (χ3v) is 8.94. The summed E-state index contributed by atoms with van der Waals surface area (Å²) in [6.45, 7) is 3.61. The largest absolute Gasteiger partial charge is 0.361 e. The maximum Gasteiger partial charge on any atom is 0.340 e. The van der Waals surface area contributed by atoms with Gasteiger partial charge in [0.1, 0.15) is 10.9 Å². The summed E-state index contributed by atoms with van der Waals surface area (Å²) in [6.07, 6.45) is 3.15. The molecule has 230 valence electrons. The molecule has 0 radical (unpaired) electrons. The van der Waals surface area contributed by atoms with Crippen LogP contribution in [0.25, 0.3) is 0 Å². The summed E-state index contributed by atoms with van der Waals surface area (Å²) < 4.78 is 31.2. The zero-order valence-corrected chi connectivity index (χ0v) is 25.7. The first kappa shape index (κ1) is 31.2. The lowest BCUT2D eigenvalue weighted by atomic mass is 10.1. The van der Waals surface area contributed by atoms with Gasteiger partial charge in [-0.2, -0.15) is 8.42 Å². The second-order valence-electron chi connectivity index (χ2n) is 10.4. The van der Waals surface area contributed by atoms with Crippen LogP contribution in [0.2, 0.25) is 10.0 Å². The van der Waals surface area contributed by atoms with Crippen LogP contribution in [0.3, 0.4) is 0 Å². The van der Waals surface area contributed by atoms with Crippen molar-refractivity contribution in [2.45, 2.75) is 50.1 Å². The van der Waals surface area contributed by atoms with Gasteiger partial charge in [0.2, 0.25) is 11.8 Å². The Bertz CT molecular complexity index is 1780. The van der Waals surface area contributed by atoms with Crippen molar-refractivity contribution in [1.82, 2.24) is 10.3 Å². The first-order valence-electron chi connectivity index (χ1n) is 13.4. The molecule has 2 atom stereocenters. The van der Waals surface area contributed by atoms with Gasteiger partial charge >= 0.3 is 10.1 Å². The Morgan fingerprint density at radius 3 is 2.50 bits per heavy atom. The zero-order chi connectivity index (χ0) is 31.8. The average Bonchev–Trinajstić information content (AvgIpc) is 3.75. The van der Waals surface area contributed by atoms with E-state index < -0.39 is 32.9 Å². The van der Waals surface area contributed by atoms with Gasteiger partial charge in [-0.25, -0.2) is 9.99 Å². The molecule has 44 heavy (non-hydrogen) atoms. The second kappa shape index (κ2) is 12.4. The first-order chi connectivity index (χ1) is 20.8. The number of pyridine rings is 1. The molecule has 3 aromatic rings. The van der Waals surface area contributed by atoms with Crippen LogP contribution >= 0.6 is 23.2 Å². The van der Waals surface area contributed by atoms with Gasteiger partial charge in [-0.15, -0.1) is 5.10 Å². The number of carbonyl (C=O) groups is 2. The lowest BCUT2D eigenvalue weighted by Gasteiger charge is -2.23. The number of amides is 2. The van der Waals surface area contributed by atoms with Crippen LogP contribution in [0.4, 0.5) is 17.2 Å². The Kier molecular flexibility index (Phi) is 8.77. The molecule has 1 aliphatic heterocycles. The van der Waals surface area contributed by atoms with Crippen molar-refractivity contribution in [1.29, 1.82) is 0 Å². The van der Waals surface area contributed by atoms with E-state index in [9.17, 15) is 28.1 Å². The highest BCUT2D eigenvalue weighted by molar-refractivity contribution is 7.87. The number of hydrogen-bond donors (Lipinski definition) is 2. The van der Waals surface area contributed by atoms with E-state index in [1.807, 2.05) is 6.92 Å². The van der Waals surface area contributed by atoms with E-state index in [2.05, 4.69) is 20.7 Å². The molecule has 2 aliphatic rings. The maximum absolute atomic E-state index is 13.8. The Balaban J connectivity index is 1.43. The number of nitrogens with zero attached hydrogens (tertiary/aromatic N) is 4. The molecule has 16 heteroatoms. The molecule has 1 aromatic heterocycles. The maximum atomic E-state index is 13.8. The molecule has 1 aliphatic carbocycles. The van der Waals surface area contributed by atoms with Crippen molar-refractivity contribution >= 4 is 68.2 Å². The van der Waals surface area contributed by atoms with E-state index >= 15 is 0 Å². The summed E-state index contributed by atoms with van der Waals surface area (Å²) in [5.41, 5.74) is 0.602. The van der Waals surface area contributed by atoms with E-state index in [0.717, 1.165) is 42.1 Å². The van der Waals surface area contributed by atoms with Gasteiger partial charge in [0.05, 0.1) is 27.6 Å². The molecular weight excluding hydrogens is 635 g/mol. The molecule has 2 heterocycles. The molecule has 2 amide bonds. The van der Waals surface area contributed by atoms with Crippen molar-refractivity contribution in [3.63, 3.8) is 0 Å². The van der Waals surface area contributed by atoms with Crippen LogP contribution in [-0.4, -0.2) is 48.1 Å². The van der Waals surface area contributed by atoms with Gasteiger partial charge in [0.15, 0.2) is 5.82 Å². The van der Waals surface area contributed by atoms with Gasteiger partial charge in [0, 0.05) is 29.4 Å². The standard InChI is InChI=1S/C28H26Cl2N6O7S/c1-15-12-18(29)13-21(27(37)32-16(2)17-5-6-17)25(15)33-28(38)23-14-24(34-35(23)26-22(30)4-3-11-31-26)43-44(41,42)20-9-7-19(8-10-20)36(39)40/h3-4,7-13,16-17,23H,5-6,14H2,1-2H3,(H,32,37)(H,33,38). The number of halogens is 2. The fraction of sp³-hybridized carbons (Fsp3) is 0.286. The van der Waals surface area contributed by atoms with Crippen LogP contribution in [0.5, 0.6) is 0 Å².